The SMILES string of the molecule is CCNC1CCN(C(C)C(=O)NC(CC)CC)CC1C. The lowest BCUT2D eigenvalue weighted by molar-refractivity contribution is -0.127. The number of carbonyl (C=O) groups excluding carboxylic acids is 1. The van der Waals surface area contributed by atoms with E-state index in [0.717, 1.165) is 38.9 Å². The highest BCUT2D eigenvalue weighted by Crippen LogP contribution is 2.19. The average molecular weight is 283 g/mol. The highest BCUT2D eigenvalue weighted by Gasteiger charge is 2.30. The number of nitrogens with zero attached hydrogens (tertiary/aromatic N) is 1. The van der Waals surface area contributed by atoms with E-state index in [0.29, 0.717) is 18.0 Å². The van der Waals surface area contributed by atoms with Crippen LogP contribution in [0.1, 0.15) is 53.9 Å². The van der Waals surface area contributed by atoms with Gasteiger partial charge in [0.05, 0.1) is 6.04 Å². The third kappa shape index (κ3) is 4.74. The van der Waals surface area contributed by atoms with Gasteiger partial charge in [0, 0.05) is 25.2 Å². The second-order valence-electron chi connectivity index (χ2n) is 6.12. The molecule has 1 rings (SSSR count). The van der Waals surface area contributed by atoms with Gasteiger partial charge in [-0.2, -0.15) is 0 Å². The molecule has 3 atom stereocenters. The number of likely N-dealkylation sites (tertiary alicyclic amines) is 1. The van der Waals surface area contributed by atoms with Crippen LogP contribution in [0.5, 0.6) is 0 Å². The fourth-order valence-corrected chi connectivity index (χ4v) is 3.08. The second-order valence-corrected chi connectivity index (χ2v) is 6.12. The van der Waals surface area contributed by atoms with Crippen LogP contribution in [0, 0.1) is 5.92 Å². The minimum atomic E-state index is -0.0133. The topological polar surface area (TPSA) is 44.4 Å². The van der Waals surface area contributed by atoms with Crippen molar-refractivity contribution >= 4 is 5.91 Å². The van der Waals surface area contributed by atoms with Crippen LogP contribution >= 0.6 is 0 Å². The number of nitrogens with one attached hydrogen (secondary N) is 2. The molecule has 4 heteroatoms. The van der Waals surface area contributed by atoms with Crippen LogP contribution in [0.15, 0.2) is 0 Å². The number of carbonyl (C=O) groups is 1. The molecule has 0 aromatic rings. The van der Waals surface area contributed by atoms with Gasteiger partial charge in [-0.05, 0) is 38.6 Å². The van der Waals surface area contributed by atoms with E-state index in [1.165, 1.54) is 0 Å². The van der Waals surface area contributed by atoms with Crippen LogP contribution in [-0.2, 0) is 4.79 Å². The number of hydrogen-bond acceptors (Lipinski definition) is 3. The summed E-state index contributed by atoms with van der Waals surface area (Å²) < 4.78 is 0. The van der Waals surface area contributed by atoms with E-state index in [9.17, 15) is 4.79 Å². The number of piperidine rings is 1. The molecular formula is C16H33N3O. The molecule has 0 aliphatic carbocycles. The molecule has 1 heterocycles. The molecule has 0 aromatic heterocycles. The molecule has 1 aliphatic rings. The van der Waals surface area contributed by atoms with Crippen molar-refractivity contribution in [3.8, 4) is 0 Å². The lowest BCUT2D eigenvalue weighted by atomic mass is 9.92. The van der Waals surface area contributed by atoms with Crippen molar-refractivity contribution in [3.05, 3.63) is 0 Å². The van der Waals surface area contributed by atoms with E-state index in [4.69, 9.17) is 0 Å². The van der Waals surface area contributed by atoms with Crippen molar-refractivity contribution in [2.24, 2.45) is 5.92 Å². The standard InChI is InChI=1S/C16H33N3O/c1-6-14(7-2)18-16(20)13(5)19-10-9-15(17-8-3)12(4)11-19/h12-15,17H,6-11H2,1-5H3,(H,18,20). The van der Waals surface area contributed by atoms with E-state index in [2.05, 4.69) is 43.2 Å². The lowest BCUT2D eigenvalue weighted by Crippen LogP contribution is -2.55. The molecule has 1 amide bonds. The summed E-state index contributed by atoms with van der Waals surface area (Å²) in [7, 11) is 0. The third-order valence-electron chi connectivity index (χ3n) is 4.66. The molecule has 1 aliphatic heterocycles. The molecule has 20 heavy (non-hydrogen) atoms. The molecule has 0 bridgehead atoms. The summed E-state index contributed by atoms with van der Waals surface area (Å²) in [5.74, 6) is 0.792. The Morgan fingerprint density at radius 1 is 1.30 bits per heavy atom. The van der Waals surface area contributed by atoms with Gasteiger partial charge in [-0.25, -0.2) is 0 Å². The highest BCUT2D eigenvalue weighted by molar-refractivity contribution is 5.81. The van der Waals surface area contributed by atoms with Crippen molar-refractivity contribution < 1.29 is 4.79 Å². The van der Waals surface area contributed by atoms with Gasteiger partial charge in [0.15, 0.2) is 0 Å². The van der Waals surface area contributed by atoms with Crippen LogP contribution < -0.4 is 10.6 Å². The Morgan fingerprint density at radius 3 is 2.45 bits per heavy atom. The van der Waals surface area contributed by atoms with Gasteiger partial charge in [0.25, 0.3) is 0 Å². The van der Waals surface area contributed by atoms with Crippen LogP contribution in [0.2, 0.25) is 0 Å². The fraction of sp³-hybridized carbons (Fsp3) is 0.938. The molecule has 1 saturated heterocycles. The quantitative estimate of drug-likeness (QED) is 0.751. The highest BCUT2D eigenvalue weighted by atomic mass is 16.2. The maximum absolute atomic E-state index is 12.3. The molecule has 0 radical (unpaired) electrons. The normalized spacial score (nSPS) is 25.7. The second kappa shape index (κ2) is 8.63. The van der Waals surface area contributed by atoms with Crippen LogP contribution in [0.25, 0.3) is 0 Å². The van der Waals surface area contributed by atoms with Gasteiger partial charge in [-0.3, -0.25) is 9.69 Å². The minimum absolute atomic E-state index is 0.0133. The Balaban J connectivity index is 2.48. The Bertz CT molecular complexity index is 291. The molecule has 3 unspecified atom stereocenters. The maximum atomic E-state index is 12.3. The van der Waals surface area contributed by atoms with Crippen molar-refractivity contribution in [1.29, 1.82) is 0 Å². The largest absolute Gasteiger partial charge is 0.352 e. The summed E-state index contributed by atoms with van der Waals surface area (Å²) in [5.41, 5.74) is 0. The Labute approximate surface area is 124 Å². The van der Waals surface area contributed by atoms with Crippen molar-refractivity contribution in [3.63, 3.8) is 0 Å². The molecule has 1 fully saturated rings. The van der Waals surface area contributed by atoms with Crippen molar-refractivity contribution in [1.82, 2.24) is 15.5 Å². The third-order valence-corrected chi connectivity index (χ3v) is 4.66. The summed E-state index contributed by atoms with van der Waals surface area (Å²) in [5, 5.41) is 6.71. The Morgan fingerprint density at radius 2 is 1.95 bits per heavy atom. The predicted molar refractivity (Wildman–Crippen MR) is 84.8 cm³/mol. The van der Waals surface area contributed by atoms with E-state index < -0.39 is 0 Å². The van der Waals surface area contributed by atoms with Gasteiger partial charge < -0.3 is 10.6 Å². The summed E-state index contributed by atoms with van der Waals surface area (Å²) in [6.45, 7) is 13.8. The first-order chi connectivity index (χ1) is 9.53. The van der Waals surface area contributed by atoms with E-state index in [1.54, 1.807) is 0 Å². The zero-order valence-electron chi connectivity index (χ0n) is 13.9. The number of rotatable bonds is 7. The summed E-state index contributed by atoms with van der Waals surface area (Å²) >= 11 is 0. The molecular weight excluding hydrogens is 250 g/mol. The summed E-state index contributed by atoms with van der Waals surface area (Å²) in [6, 6.07) is 0.910. The molecule has 0 aromatic carbocycles. The number of hydrogen-bond donors (Lipinski definition) is 2. The van der Waals surface area contributed by atoms with Crippen LogP contribution in [0.3, 0.4) is 0 Å². The molecule has 118 valence electrons. The van der Waals surface area contributed by atoms with Crippen molar-refractivity contribution in [2.45, 2.75) is 72.0 Å². The molecule has 0 saturated carbocycles. The first kappa shape index (κ1) is 17.4. The first-order valence-corrected chi connectivity index (χ1v) is 8.31. The maximum Gasteiger partial charge on any atom is 0.237 e. The van der Waals surface area contributed by atoms with E-state index in [1.807, 2.05) is 6.92 Å². The summed E-state index contributed by atoms with van der Waals surface area (Å²) in [6.07, 6.45) is 3.15. The molecule has 0 spiro atoms. The Hall–Kier alpha value is -0.610. The minimum Gasteiger partial charge on any atom is -0.352 e. The average Bonchev–Trinajstić information content (AvgIpc) is 2.46. The summed E-state index contributed by atoms with van der Waals surface area (Å²) in [4.78, 5) is 14.6. The molecule has 2 N–H and O–H groups in total. The van der Waals surface area contributed by atoms with Crippen LogP contribution in [-0.4, -0.2) is 48.6 Å². The number of amides is 1. The van der Waals surface area contributed by atoms with Gasteiger partial charge in [-0.15, -0.1) is 0 Å². The van der Waals surface area contributed by atoms with E-state index in [-0.39, 0.29) is 11.9 Å². The van der Waals surface area contributed by atoms with Crippen molar-refractivity contribution in [2.75, 3.05) is 19.6 Å². The van der Waals surface area contributed by atoms with Gasteiger partial charge in [-0.1, -0.05) is 27.7 Å². The van der Waals surface area contributed by atoms with Gasteiger partial charge in [0.1, 0.15) is 0 Å². The first-order valence-electron chi connectivity index (χ1n) is 8.31. The van der Waals surface area contributed by atoms with Gasteiger partial charge in [0.2, 0.25) is 5.91 Å². The lowest BCUT2D eigenvalue weighted by Gasteiger charge is -2.40. The van der Waals surface area contributed by atoms with Gasteiger partial charge >= 0.3 is 0 Å². The predicted octanol–water partition coefficient (Wildman–Crippen LogP) is 2.00. The zero-order valence-corrected chi connectivity index (χ0v) is 13.9. The van der Waals surface area contributed by atoms with Crippen LogP contribution in [0.4, 0.5) is 0 Å². The molecule has 4 nitrogen and oxygen atoms in total. The fourth-order valence-electron chi connectivity index (χ4n) is 3.08. The smallest absolute Gasteiger partial charge is 0.237 e. The van der Waals surface area contributed by atoms with E-state index >= 15 is 0 Å². The monoisotopic (exact) mass is 283 g/mol. The zero-order chi connectivity index (χ0) is 15.1. The Kier molecular flexibility index (Phi) is 7.52.